The number of benzene rings is 3. The maximum atomic E-state index is 13.2. The van der Waals surface area contributed by atoms with E-state index < -0.39 is 23.6 Å². The second-order valence-corrected chi connectivity index (χ2v) is 17.8. The molecule has 0 spiro atoms. The fourth-order valence-electron chi connectivity index (χ4n) is 5.57. The molecule has 0 saturated carbocycles. The van der Waals surface area contributed by atoms with E-state index >= 15 is 0 Å². The molecule has 0 aromatic heterocycles. The lowest BCUT2D eigenvalue weighted by atomic mass is 9.79. The van der Waals surface area contributed by atoms with E-state index in [0.717, 1.165) is 26.5 Å². The number of nitrogens with one attached hydrogen (secondary N) is 1. The first kappa shape index (κ1) is 40.5. The second-order valence-electron chi connectivity index (χ2n) is 16.6. The smallest absolute Gasteiger partial charge is 0.414 e. The summed E-state index contributed by atoms with van der Waals surface area (Å²) < 4.78 is 22.3. The molecule has 0 bridgehead atoms. The van der Waals surface area contributed by atoms with Gasteiger partial charge in [0.15, 0.2) is 11.9 Å². The molecule has 2 N–H and O–H groups in total. The van der Waals surface area contributed by atoms with Gasteiger partial charge in [-0.05, 0) is 79.6 Å². The highest BCUT2D eigenvalue weighted by atomic mass is 32.2. The van der Waals surface area contributed by atoms with Crippen molar-refractivity contribution in [1.29, 1.82) is 0 Å². The van der Waals surface area contributed by atoms with E-state index in [1.54, 1.807) is 53.8 Å². The van der Waals surface area contributed by atoms with Crippen molar-refractivity contribution in [3.05, 3.63) is 71.3 Å². The highest BCUT2D eigenvalue weighted by Gasteiger charge is 2.40. The third-order valence-electron chi connectivity index (χ3n) is 8.19. The summed E-state index contributed by atoms with van der Waals surface area (Å²) in [4.78, 5) is 41.5. The van der Waals surface area contributed by atoms with E-state index in [1.165, 1.54) is 16.7 Å². The van der Waals surface area contributed by atoms with Crippen molar-refractivity contribution in [3.8, 4) is 11.5 Å². The predicted octanol–water partition coefficient (Wildman–Crippen LogP) is 8.79. The van der Waals surface area contributed by atoms with Gasteiger partial charge in [0.2, 0.25) is 5.79 Å². The van der Waals surface area contributed by atoms with Crippen LogP contribution in [0.1, 0.15) is 92.9 Å². The van der Waals surface area contributed by atoms with Gasteiger partial charge >= 0.3 is 12.1 Å². The number of carbonyl (C=O) groups is 3. The van der Waals surface area contributed by atoms with Crippen molar-refractivity contribution in [2.75, 3.05) is 30.4 Å². The minimum absolute atomic E-state index is 0.0432. The van der Waals surface area contributed by atoms with Crippen LogP contribution in [-0.2, 0) is 41.1 Å². The number of phenols is 1. The number of anilines is 2. The Labute approximate surface area is 312 Å². The fraction of sp³-hybridized carbons (Fsp3) is 0.488. The van der Waals surface area contributed by atoms with Crippen LogP contribution < -0.4 is 15.0 Å². The topological polar surface area (TPSA) is 124 Å². The Morgan fingerprint density at radius 1 is 0.904 bits per heavy atom. The van der Waals surface area contributed by atoms with Gasteiger partial charge in [0.25, 0.3) is 0 Å². The molecule has 1 aliphatic heterocycles. The molecule has 1 aliphatic rings. The third kappa shape index (κ3) is 10.9. The number of ether oxygens (including phenoxy) is 4. The Hall–Kier alpha value is -4.22. The molecule has 0 aliphatic carbocycles. The van der Waals surface area contributed by atoms with E-state index in [4.69, 9.17) is 18.9 Å². The van der Waals surface area contributed by atoms with E-state index in [-0.39, 0.29) is 35.7 Å². The lowest BCUT2D eigenvalue weighted by Gasteiger charge is -2.28. The number of amides is 1. The molecule has 4 rings (SSSR count). The number of hydrogen-bond acceptors (Lipinski definition) is 10. The molecule has 1 fully saturated rings. The number of Topliss-reactive ketones (excluding diaryl/α,β-unsaturated/α-hetero) is 1. The first-order chi connectivity index (χ1) is 23.9. The third-order valence-corrected chi connectivity index (χ3v) is 9.15. The summed E-state index contributed by atoms with van der Waals surface area (Å²) in [7, 11) is 1.64. The number of aromatic hydroxyl groups is 1. The van der Waals surface area contributed by atoms with Crippen LogP contribution in [0.15, 0.2) is 64.4 Å². The molecule has 10 nitrogen and oxygen atoms in total. The Bertz CT molecular complexity index is 1750. The Morgan fingerprint density at radius 3 is 2.02 bits per heavy atom. The summed E-state index contributed by atoms with van der Waals surface area (Å²) in [6.45, 7) is 21.1. The number of hydrogen-bond donors (Lipinski definition) is 2. The monoisotopic (exact) mass is 734 g/mol. The van der Waals surface area contributed by atoms with Gasteiger partial charge in [0.05, 0.1) is 17.9 Å². The standard InChI is InChI=1S/C41H54N2O8S/c1-38(2,3)30-20-29(21-31(35(30)45)39(4,5)6)52-28-17-18-32(33(22-28)43(12)37(47)51-40(7,8)9)42-23-26(44)24-48-27-15-13-25(14-16-27)19-34-36(46)50-41(10,11)49-34/h13-18,20-22,34,42,45H,19,23-24H2,1-12H3. The van der Waals surface area contributed by atoms with Crippen LogP contribution in [0, 0.1) is 0 Å². The van der Waals surface area contributed by atoms with Gasteiger partial charge in [-0.3, -0.25) is 9.69 Å². The summed E-state index contributed by atoms with van der Waals surface area (Å²) in [5, 5.41) is 14.4. The molecule has 1 heterocycles. The number of carbonyl (C=O) groups excluding carboxylic acids is 3. The average molecular weight is 735 g/mol. The maximum absolute atomic E-state index is 13.2. The van der Waals surface area contributed by atoms with Crippen molar-refractivity contribution >= 4 is 41.0 Å². The van der Waals surface area contributed by atoms with Crippen molar-refractivity contribution in [1.82, 2.24) is 0 Å². The first-order valence-electron chi connectivity index (χ1n) is 17.5. The fourth-order valence-corrected chi connectivity index (χ4v) is 6.50. The summed E-state index contributed by atoms with van der Waals surface area (Å²) in [6, 6.07) is 16.8. The second kappa shape index (κ2) is 15.4. The predicted molar refractivity (Wildman–Crippen MR) is 205 cm³/mol. The van der Waals surface area contributed by atoms with Crippen LogP contribution in [-0.4, -0.2) is 60.6 Å². The molecule has 52 heavy (non-hydrogen) atoms. The molecule has 11 heteroatoms. The summed E-state index contributed by atoms with van der Waals surface area (Å²) >= 11 is 1.53. The van der Waals surface area contributed by atoms with Crippen molar-refractivity contribution in [3.63, 3.8) is 0 Å². The molecule has 3 aromatic rings. The lowest BCUT2D eigenvalue weighted by molar-refractivity contribution is -0.160. The molecule has 0 radical (unpaired) electrons. The number of rotatable bonds is 11. The van der Waals surface area contributed by atoms with Gasteiger partial charge in [-0.15, -0.1) is 0 Å². The molecule has 1 unspecified atom stereocenters. The normalized spacial score (nSPS) is 15.9. The zero-order valence-corrected chi connectivity index (χ0v) is 33.4. The zero-order valence-electron chi connectivity index (χ0n) is 32.6. The molecule has 1 saturated heterocycles. The lowest BCUT2D eigenvalue weighted by Crippen LogP contribution is -2.34. The van der Waals surface area contributed by atoms with Gasteiger partial charge in [-0.25, -0.2) is 9.59 Å². The van der Waals surface area contributed by atoms with Gasteiger partial charge in [0, 0.05) is 48.2 Å². The van der Waals surface area contributed by atoms with Gasteiger partial charge < -0.3 is 29.4 Å². The van der Waals surface area contributed by atoms with Gasteiger partial charge in [-0.2, -0.15) is 0 Å². The van der Waals surface area contributed by atoms with Crippen LogP contribution in [0.4, 0.5) is 16.2 Å². The molecule has 3 aromatic carbocycles. The Kier molecular flexibility index (Phi) is 12.0. The number of cyclic esters (lactones) is 1. The first-order valence-corrected chi connectivity index (χ1v) is 18.3. The molecule has 1 atom stereocenters. The quantitative estimate of drug-likeness (QED) is 0.185. The highest BCUT2D eigenvalue weighted by Crippen LogP contribution is 2.44. The number of phenolic OH excluding ortho intramolecular Hbond substituents is 1. The van der Waals surface area contributed by atoms with Crippen LogP contribution in [0.25, 0.3) is 0 Å². The van der Waals surface area contributed by atoms with Crippen LogP contribution in [0.5, 0.6) is 11.5 Å². The van der Waals surface area contributed by atoms with Crippen LogP contribution in [0.3, 0.4) is 0 Å². The maximum Gasteiger partial charge on any atom is 0.414 e. The van der Waals surface area contributed by atoms with E-state index in [1.807, 2.05) is 42.5 Å². The number of esters is 1. The minimum Gasteiger partial charge on any atom is -0.507 e. The van der Waals surface area contributed by atoms with Gasteiger partial charge in [-0.1, -0.05) is 65.4 Å². The zero-order chi connectivity index (χ0) is 38.8. The highest BCUT2D eigenvalue weighted by molar-refractivity contribution is 7.99. The van der Waals surface area contributed by atoms with E-state index in [9.17, 15) is 19.5 Å². The molecular formula is C41H54N2O8S. The Balaban J connectivity index is 1.49. The van der Waals surface area contributed by atoms with Crippen molar-refractivity contribution in [2.24, 2.45) is 0 Å². The Morgan fingerprint density at radius 2 is 1.50 bits per heavy atom. The SMILES string of the molecule is CN(C(=O)OC(C)(C)C)c1cc(Sc2cc(C(C)(C)C)c(O)c(C(C)(C)C)c2)ccc1NCC(=O)COc1ccc(CC2OC(C)(C)OC2=O)cc1. The molecule has 1 amide bonds. The van der Waals surface area contributed by atoms with E-state index in [0.29, 0.717) is 29.3 Å². The number of nitrogens with zero attached hydrogens (tertiary/aromatic N) is 1. The van der Waals surface area contributed by atoms with Gasteiger partial charge in [0.1, 0.15) is 23.7 Å². The van der Waals surface area contributed by atoms with E-state index in [2.05, 4.69) is 46.9 Å². The largest absolute Gasteiger partial charge is 0.507 e. The summed E-state index contributed by atoms with van der Waals surface area (Å²) in [5.74, 6) is -0.707. The van der Waals surface area contributed by atoms with Crippen molar-refractivity contribution in [2.45, 2.75) is 121 Å². The average Bonchev–Trinajstić information content (AvgIpc) is 3.28. The molecule has 282 valence electrons. The number of ketones is 1. The van der Waals surface area contributed by atoms with Crippen LogP contribution in [0.2, 0.25) is 0 Å². The molecular weight excluding hydrogens is 681 g/mol. The van der Waals surface area contributed by atoms with Crippen LogP contribution >= 0.6 is 11.8 Å². The summed E-state index contributed by atoms with van der Waals surface area (Å²) in [5.41, 5.74) is 2.43. The van der Waals surface area contributed by atoms with Crippen molar-refractivity contribution < 1.29 is 38.4 Å². The summed E-state index contributed by atoms with van der Waals surface area (Å²) in [6.07, 6.45) is -0.837. The minimum atomic E-state index is -0.938.